The molecule has 2 aliphatic rings. The standard InChI is InChI=1S/C21H29.3ClH.Zr/c1-10-19(20-15(6)11(2)12(3)16(20)7)21-17(8)13(4)14(5)18(21)9;;;;/h10,15,17H,1H2,2-9H3;3*1H;/q;;;;+3/p-3. The summed E-state index contributed by atoms with van der Waals surface area (Å²) in [7, 11) is 0. The van der Waals surface area contributed by atoms with Gasteiger partial charge in [0.1, 0.15) is 0 Å². The summed E-state index contributed by atoms with van der Waals surface area (Å²) in [6.07, 6.45) is 2.50. The Hall–Kier alpha value is 0.453. The summed E-state index contributed by atoms with van der Waals surface area (Å²) in [6.45, 7) is 18.6. The molecule has 138 valence electrons. The molecule has 0 aliphatic heterocycles. The Morgan fingerprint density at radius 1 is 0.720 bits per heavy atom. The smallest absolute Gasteiger partial charge is 1.00 e. The van der Waals surface area contributed by atoms with Crippen LogP contribution in [-0.4, -0.2) is 0 Å². The Bertz CT molecular complexity index is 621. The van der Waals surface area contributed by atoms with Crippen molar-refractivity contribution in [2.45, 2.75) is 59.5 Å². The maximum atomic E-state index is 2.50. The van der Waals surface area contributed by atoms with Gasteiger partial charge >= 0.3 is 152 Å². The molecule has 2 rings (SSSR count). The molecule has 0 saturated heterocycles. The molecule has 0 bridgehead atoms. The van der Waals surface area contributed by atoms with Gasteiger partial charge in [0.05, 0.1) is 0 Å². The molecule has 0 amide bonds. The van der Waals surface area contributed by atoms with E-state index in [4.69, 9.17) is 0 Å². The summed E-state index contributed by atoms with van der Waals surface area (Å²) in [6, 6.07) is 0. The van der Waals surface area contributed by atoms with Crippen LogP contribution in [0.2, 0.25) is 4.13 Å². The monoisotopic (exact) mass is 476 g/mol. The minimum atomic E-state index is 0. The van der Waals surface area contributed by atoms with E-state index in [1.54, 1.807) is 52.6 Å². The van der Waals surface area contributed by atoms with Crippen LogP contribution in [0.1, 0.15) is 55.4 Å². The predicted molar refractivity (Wildman–Crippen MR) is 93.4 cm³/mol. The van der Waals surface area contributed by atoms with Crippen molar-refractivity contribution in [3.63, 3.8) is 0 Å². The molecule has 0 aromatic carbocycles. The van der Waals surface area contributed by atoms with Crippen molar-refractivity contribution >= 4 is 0 Å². The molecule has 2 aliphatic carbocycles. The van der Waals surface area contributed by atoms with E-state index >= 15 is 0 Å². The van der Waals surface area contributed by atoms with Gasteiger partial charge in [0.15, 0.2) is 0 Å². The Labute approximate surface area is 188 Å². The molecule has 0 fully saturated rings. The topological polar surface area (TPSA) is 0 Å². The first-order valence-electron chi connectivity index (χ1n) is 8.36. The van der Waals surface area contributed by atoms with Gasteiger partial charge in [0, 0.05) is 0 Å². The summed E-state index contributed by atoms with van der Waals surface area (Å²) >= 11 is 1.59. The van der Waals surface area contributed by atoms with E-state index < -0.39 is 0 Å². The van der Waals surface area contributed by atoms with E-state index in [1.165, 1.54) is 26.4 Å². The van der Waals surface area contributed by atoms with Gasteiger partial charge in [-0.15, -0.1) is 0 Å². The maximum absolute atomic E-state index is 2.50. The second-order valence-electron chi connectivity index (χ2n) is 6.96. The average Bonchev–Trinajstić information content (AvgIpc) is 2.79. The number of rotatable bonds is 3. The molecule has 0 aromatic heterocycles. The van der Waals surface area contributed by atoms with Crippen molar-refractivity contribution in [3.05, 3.63) is 56.2 Å². The van der Waals surface area contributed by atoms with Crippen LogP contribution in [0.25, 0.3) is 0 Å². The fourth-order valence-corrected chi connectivity index (χ4v) is 4.57. The van der Waals surface area contributed by atoms with Gasteiger partial charge in [-0.2, -0.15) is 0 Å². The molecule has 0 N–H and O–H groups in total. The molecule has 0 saturated carbocycles. The molecular weight excluding hydrogens is 450 g/mol. The third-order valence-corrected chi connectivity index (χ3v) is 6.67. The first-order valence-corrected chi connectivity index (χ1v) is 10.1. The van der Waals surface area contributed by atoms with Gasteiger partial charge in [-0.05, 0) is 0 Å². The van der Waals surface area contributed by atoms with E-state index in [1.807, 2.05) is 0 Å². The number of allylic oxidation sites excluding steroid dienone is 10. The molecule has 0 spiro atoms. The first-order chi connectivity index (χ1) is 10.2. The van der Waals surface area contributed by atoms with E-state index in [-0.39, 0.29) is 37.2 Å². The molecule has 25 heavy (non-hydrogen) atoms. The molecule has 2 atom stereocenters. The minimum absolute atomic E-state index is 0. The number of hydrogen-bond donors (Lipinski definition) is 0. The van der Waals surface area contributed by atoms with Crippen molar-refractivity contribution < 1.29 is 61.9 Å². The van der Waals surface area contributed by atoms with Crippen LogP contribution in [0.15, 0.2) is 56.2 Å². The second-order valence-corrected chi connectivity index (χ2v) is 7.96. The second kappa shape index (κ2) is 10.7. The van der Waals surface area contributed by atoms with Gasteiger partial charge in [-0.3, -0.25) is 0 Å². The van der Waals surface area contributed by atoms with Crippen molar-refractivity contribution in [2.75, 3.05) is 0 Å². The van der Waals surface area contributed by atoms with E-state index in [2.05, 4.69) is 61.5 Å². The minimum Gasteiger partial charge on any atom is -1.00 e. The third kappa shape index (κ3) is 4.66. The zero-order valence-corrected chi connectivity index (χ0v) is 21.3. The maximum Gasteiger partial charge on any atom is -1.00 e. The molecule has 0 nitrogen and oxygen atoms in total. The molecule has 4 heteroatoms. The zero-order chi connectivity index (χ0) is 16.8. The zero-order valence-electron chi connectivity index (χ0n) is 16.6. The predicted octanol–water partition coefficient (Wildman–Crippen LogP) is -2.50. The van der Waals surface area contributed by atoms with Crippen LogP contribution >= 0.6 is 0 Å². The van der Waals surface area contributed by atoms with Gasteiger partial charge in [-0.25, -0.2) is 0 Å². The quantitative estimate of drug-likeness (QED) is 0.420. The van der Waals surface area contributed by atoms with E-state index in [9.17, 15) is 0 Å². The van der Waals surface area contributed by atoms with Crippen LogP contribution in [0, 0.1) is 11.8 Å². The first kappa shape index (κ1) is 27.7. The van der Waals surface area contributed by atoms with Crippen molar-refractivity contribution in [1.82, 2.24) is 0 Å². The van der Waals surface area contributed by atoms with Crippen molar-refractivity contribution in [3.8, 4) is 0 Å². The summed E-state index contributed by atoms with van der Waals surface area (Å²) in [5, 5.41) is 0. The van der Waals surface area contributed by atoms with Gasteiger partial charge < -0.3 is 37.2 Å². The molecule has 0 aromatic rings. The van der Waals surface area contributed by atoms with Gasteiger partial charge in [0.25, 0.3) is 0 Å². The summed E-state index contributed by atoms with van der Waals surface area (Å²) in [4.78, 5) is 0. The Morgan fingerprint density at radius 2 is 1.04 bits per heavy atom. The summed E-state index contributed by atoms with van der Waals surface area (Å²) in [5.41, 5.74) is 13.8. The molecular formula is C21H29Cl3Zr. The number of hydrogen-bond acceptors (Lipinski definition) is 0. The van der Waals surface area contributed by atoms with E-state index in [0.29, 0.717) is 11.8 Å². The van der Waals surface area contributed by atoms with Crippen molar-refractivity contribution in [1.29, 1.82) is 0 Å². The van der Waals surface area contributed by atoms with Crippen LogP contribution in [-0.2, 0) is 24.7 Å². The van der Waals surface area contributed by atoms with Crippen molar-refractivity contribution in [2.24, 2.45) is 11.8 Å². The third-order valence-electron chi connectivity index (χ3n) is 6.17. The van der Waals surface area contributed by atoms with Crippen LogP contribution in [0.5, 0.6) is 0 Å². The largest absolute Gasteiger partial charge is 1.00 e. The van der Waals surface area contributed by atoms with Gasteiger partial charge in [0.2, 0.25) is 0 Å². The fourth-order valence-electron chi connectivity index (χ4n) is 4.07. The normalized spacial score (nSPS) is 22.8. The SMILES string of the molecule is CC1=C(C)C(C)C(C(=C[CH2][Zr+3])C2=C(C)C(C)=C(C)C2C)=C1C.[Cl-].[Cl-].[Cl-]. The molecule has 2 unspecified atom stereocenters. The Morgan fingerprint density at radius 3 is 1.24 bits per heavy atom. The van der Waals surface area contributed by atoms with E-state index in [0.717, 1.165) is 0 Å². The van der Waals surface area contributed by atoms with Crippen LogP contribution in [0.4, 0.5) is 0 Å². The number of halogens is 3. The van der Waals surface area contributed by atoms with Gasteiger partial charge in [-0.1, -0.05) is 0 Å². The Kier molecular flexibility index (Phi) is 11.8. The Balaban J connectivity index is 0. The summed E-state index contributed by atoms with van der Waals surface area (Å²) < 4.78 is 1.19. The van der Waals surface area contributed by atoms with Crippen LogP contribution < -0.4 is 37.2 Å². The average molecular weight is 479 g/mol. The fraction of sp³-hybridized carbons (Fsp3) is 0.524. The summed E-state index contributed by atoms with van der Waals surface area (Å²) in [5.74, 6) is 1.12. The molecule has 0 radical (unpaired) electrons. The molecule has 0 heterocycles. The van der Waals surface area contributed by atoms with Crippen LogP contribution in [0.3, 0.4) is 0 Å².